The molecule has 3 nitrogen and oxygen atoms in total. The zero-order valence-electron chi connectivity index (χ0n) is 15.8. The Morgan fingerprint density at radius 3 is 2.46 bits per heavy atom. The molecule has 0 fully saturated rings. The molecule has 0 aliphatic carbocycles. The molecule has 3 aromatic rings. The highest BCUT2D eigenvalue weighted by Crippen LogP contribution is 2.21. The molecule has 3 aromatic carbocycles. The highest BCUT2D eigenvalue weighted by atomic mass is 16.5. The van der Waals surface area contributed by atoms with Gasteiger partial charge in [-0.1, -0.05) is 72.3 Å². The van der Waals surface area contributed by atoms with E-state index in [1.807, 2.05) is 73.7 Å². The summed E-state index contributed by atoms with van der Waals surface area (Å²) >= 11 is 0. The number of aryl methyl sites for hydroxylation is 2. The SMILES string of the molecule is Cc1ccc(CCC(=O)Oc2cccc(/C=C(/C#N)c3ccccc3)c2)cc1. The zero-order valence-corrected chi connectivity index (χ0v) is 15.8. The summed E-state index contributed by atoms with van der Waals surface area (Å²) in [4.78, 5) is 12.2. The first-order valence-electron chi connectivity index (χ1n) is 9.17. The van der Waals surface area contributed by atoms with Crippen molar-refractivity contribution in [1.29, 1.82) is 5.26 Å². The summed E-state index contributed by atoms with van der Waals surface area (Å²) in [5, 5.41) is 9.45. The number of rotatable bonds is 6. The number of nitrogens with zero attached hydrogens (tertiary/aromatic N) is 1. The number of allylic oxidation sites excluding steroid dienone is 1. The van der Waals surface area contributed by atoms with Crippen LogP contribution >= 0.6 is 0 Å². The normalized spacial score (nSPS) is 10.9. The molecule has 28 heavy (non-hydrogen) atoms. The Bertz CT molecular complexity index is 1010. The van der Waals surface area contributed by atoms with E-state index in [0.717, 1.165) is 16.7 Å². The van der Waals surface area contributed by atoms with Crippen LogP contribution in [0.15, 0.2) is 78.9 Å². The minimum absolute atomic E-state index is 0.273. The van der Waals surface area contributed by atoms with Crippen LogP contribution in [0.25, 0.3) is 11.6 Å². The molecule has 0 saturated carbocycles. The number of benzene rings is 3. The minimum atomic E-state index is -0.273. The molecule has 0 unspecified atom stereocenters. The third-order valence-corrected chi connectivity index (χ3v) is 4.34. The van der Waals surface area contributed by atoms with Crippen LogP contribution in [0.5, 0.6) is 5.75 Å². The van der Waals surface area contributed by atoms with Crippen molar-refractivity contribution >= 4 is 17.6 Å². The number of carbonyl (C=O) groups is 1. The van der Waals surface area contributed by atoms with E-state index in [4.69, 9.17) is 4.74 Å². The van der Waals surface area contributed by atoms with Gasteiger partial charge in [0.15, 0.2) is 0 Å². The smallest absolute Gasteiger partial charge is 0.311 e. The second kappa shape index (κ2) is 9.34. The van der Waals surface area contributed by atoms with Crippen LogP contribution in [0, 0.1) is 18.3 Å². The fourth-order valence-electron chi connectivity index (χ4n) is 2.82. The lowest BCUT2D eigenvalue weighted by Crippen LogP contribution is -2.09. The first-order valence-corrected chi connectivity index (χ1v) is 9.17. The van der Waals surface area contributed by atoms with E-state index in [2.05, 4.69) is 6.07 Å². The maximum Gasteiger partial charge on any atom is 0.311 e. The van der Waals surface area contributed by atoms with Gasteiger partial charge in [-0.3, -0.25) is 4.79 Å². The minimum Gasteiger partial charge on any atom is -0.426 e. The van der Waals surface area contributed by atoms with Crippen LogP contribution in [-0.2, 0) is 11.2 Å². The summed E-state index contributed by atoms with van der Waals surface area (Å²) in [7, 11) is 0. The molecule has 0 aliphatic heterocycles. The highest BCUT2D eigenvalue weighted by molar-refractivity contribution is 5.89. The van der Waals surface area contributed by atoms with E-state index in [9.17, 15) is 10.1 Å². The second-order valence-electron chi connectivity index (χ2n) is 6.57. The lowest BCUT2D eigenvalue weighted by molar-refractivity contribution is -0.134. The molecular formula is C25H21NO2. The summed E-state index contributed by atoms with van der Waals surface area (Å²) in [6.45, 7) is 2.04. The maximum absolute atomic E-state index is 12.2. The van der Waals surface area contributed by atoms with E-state index < -0.39 is 0 Å². The van der Waals surface area contributed by atoms with Crippen molar-refractivity contribution in [3.05, 3.63) is 101 Å². The molecule has 138 valence electrons. The molecule has 0 saturated heterocycles. The van der Waals surface area contributed by atoms with E-state index in [1.165, 1.54) is 5.56 Å². The summed E-state index contributed by atoms with van der Waals surface area (Å²) in [5.41, 5.74) is 4.53. The van der Waals surface area contributed by atoms with Gasteiger partial charge in [0.2, 0.25) is 0 Å². The Labute approximate surface area is 165 Å². The van der Waals surface area contributed by atoms with Crippen molar-refractivity contribution in [1.82, 2.24) is 0 Å². The topological polar surface area (TPSA) is 50.1 Å². The third kappa shape index (κ3) is 5.43. The van der Waals surface area contributed by atoms with Crippen molar-refractivity contribution in [3.8, 4) is 11.8 Å². The Balaban J connectivity index is 1.66. The third-order valence-electron chi connectivity index (χ3n) is 4.34. The number of carbonyl (C=O) groups excluding carboxylic acids is 1. The number of ether oxygens (including phenoxy) is 1. The van der Waals surface area contributed by atoms with Crippen molar-refractivity contribution < 1.29 is 9.53 Å². The Morgan fingerprint density at radius 1 is 1.00 bits per heavy atom. The number of hydrogen-bond donors (Lipinski definition) is 0. The van der Waals surface area contributed by atoms with Crippen LogP contribution in [0.3, 0.4) is 0 Å². The molecule has 0 atom stereocenters. The molecule has 0 spiro atoms. The van der Waals surface area contributed by atoms with Crippen LogP contribution in [0.2, 0.25) is 0 Å². The van der Waals surface area contributed by atoms with Crippen molar-refractivity contribution in [3.63, 3.8) is 0 Å². The molecule has 0 radical (unpaired) electrons. The van der Waals surface area contributed by atoms with E-state index in [1.54, 1.807) is 18.2 Å². The van der Waals surface area contributed by atoms with Gasteiger partial charge in [-0.05, 0) is 48.2 Å². The van der Waals surface area contributed by atoms with E-state index in [-0.39, 0.29) is 5.97 Å². The number of hydrogen-bond acceptors (Lipinski definition) is 3. The molecule has 0 bridgehead atoms. The summed E-state index contributed by atoms with van der Waals surface area (Å²) in [6.07, 6.45) is 2.75. The van der Waals surface area contributed by atoms with Gasteiger partial charge >= 0.3 is 5.97 Å². The average Bonchev–Trinajstić information content (AvgIpc) is 2.72. The fraction of sp³-hybridized carbons (Fsp3) is 0.120. The van der Waals surface area contributed by atoms with Gasteiger partial charge in [0, 0.05) is 6.42 Å². The molecule has 0 N–H and O–H groups in total. The first kappa shape index (κ1) is 19.1. The number of nitriles is 1. The zero-order chi connectivity index (χ0) is 19.8. The summed E-state index contributed by atoms with van der Waals surface area (Å²) < 4.78 is 5.47. The van der Waals surface area contributed by atoms with Gasteiger partial charge in [-0.25, -0.2) is 0 Å². The van der Waals surface area contributed by atoms with Crippen LogP contribution in [0.4, 0.5) is 0 Å². The van der Waals surface area contributed by atoms with Gasteiger partial charge in [0.1, 0.15) is 5.75 Å². The molecule has 3 rings (SSSR count). The Hall–Kier alpha value is -3.64. The van der Waals surface area contributed by atoms with Gasteiger partial charge in [0.05, 0.1) is 11.6 Å². The maximum atomic E-state index is 12.2. The Kier molecular flexibility index (Phi) is 6.38. The molecule has 0 aliphatic rings. The van der Waals surface area contributed by atoms with Crippen molar-refractivity contribution in [2.75, 3.05) is 0 Å². The van der Waals surface area contributed by atoms with Crippen LogP contribution in [-0.4, -0.2) is 5.97 Å². The molecule has 0 heterocycles. The predicted molar refractivity (Wildman–Crippen MR) is 112 cm³/mol. The average molecular weight is 367 g/mol. The number of esters is 1. The van der Waals surface area contributed by atoms with Crippen molar-refractivity contribution in [2.45, 2.75) is 19.8 Å². The first-order chi connectivity index (χ1) is 13.6. The second-order valence-corrected chi connectivity index (χ2v) is 6.57. The fourth-order valence-corrected chi connectivity index (χ4v) is 2.82. The van der Waals surface area contributed by atoms with E-state index in [0.29, 0.717) is 24.2 Å². The molecule has 0 aromatic heterocycles. The molecule has 0 amide bonds. The van der Waals surface area contributed by atoms with Gasteiger partial charge < -0.3 is 4.74 Å². The summed E-state index contributed by atoms with van der Waals surface area (Å²) in [6, 6.07) is 27.1. The van der Waals surface area contributed by atoms with Crippen LogP contribution < -0.4 is 4.74 Å². The largest absolute Gasteiger partial charge is 0.426 e. The molecule has 3 heteroatoms. The van der Waals surface area contributed by atoms with Gasteiger partial charge in [0.25, 0.3) is 0 Å². The lowest BCUT2D eigenvalue weighted by atomic mass is 10.0. The van der Waals surface area contributed by atoms with Crippen molar-refractivity contribution in [2.24, 2.45) is 0 Å². The monoisotopic (exact) mass is 367 g/mol. The van der Waals surface area contributed by atoms with Crippen LogP contribution in [0.1, 0.15) is 28.7 Å². The predicted octanol–water partition coefficient (Wildman–Crippen LogP) is 5.60. The summed E-state index contributed by atoms with van der Waals surface area (Å²) in [5.74, 6) is 0.207. The quantitative estimate of drug-likeness (QED) is 0.247. The highest BCUT2D eigenvalue weighted by Gasteiger charge is 2.07. The van der Waals surface area contributed by atoms with Gasteiger partial charge in [-0.2, -0.15) is 5.26 Å². The standard InChI is InChI=1S/C25H21NO2/c1-19-10-12-20(13-11-19)14-15-25(27)28-24-9-5-6-21(17-24)16-23(18-26)22-7-3-2-4-8-22/h2-13,16-17H,14-15H2,1H3/b23-16-. The van der Waals surface area contributed by atoms with E-state index >= 15 is 0 Å². The van der Waals surface area contributed by atoms with Gasteiger partial charge in [-0.15, -0.1) is 0 Å². The Morgan fingerprint density at radius 2 is 1.75 bits per heavy atom. The lowest BCUT2D eigenvalue weighted by Gasteiger charge is -2.06. The molecular weight excluding hydrogens is 346 g/mol.